The lowest BCUT2D eigenvalue weighted by molar-refractivity contribution is 0.856. The van der Waals surface area contributed by atoms with E-state index in [1.54, 1.807) is 0 Å². The van der Waals surface area contributed by atoms with Crippen molar-refractivity contribution in [3.05, 3.63) is 58.7 Å². The van der Waals surface area contributed by atoms with E-state index in [9.17, 15) is 0 Å². The van der Waals surface area contributed by atoms with Crippen LogP contribution < -0.4 is 0 Å². The minimum absolute atomic E-state index is 0.509. The largest absolute Gasteiger partial charge is 0.0587 e. The van der Waals surface area contributed by atoms with Crippen LogP contribution in [0.4, 0.5) is 0 Å². The summed E-state index contributed by atoms with van der Waals surface area (Å²) in [6.07, 6.45) is 0. The minimum atomic E-state index is 0.509. The van der Waals surface area contributed by atoms with Crippen LogP contribution in [-0.2, 0) is 0 Å². The van der Waals surface area contributed by atoms with Gasteiger partial charge < -0.3 is 0 Å². The van der Waals surface area contributed by atoms with E-state index < -0.39 is 0 Å². The monoisotopic (exact) mass is 394 g/mol. The highest BCUT2D eigenvalue weighted by Gasteiger charge is 2.30. The lowest BCUT2D eigenvalue weighted by Gasteiger charge is -2.19. The molecule has 0 nitrogen and oxygen atoms in total. The molecule has 0 heterocycles. The predicted octanol–water partition coefficient (Wildman–Crippen LogP) is 9.62. The van der Waals surface area contributed by atoms with Gasteiger partial charge in [-0.15, -0.1) is 0 Å². The maximum absolute atomic E-state index is 2.49. The quantitative estimate of drug-likeness (QED) is 0.266. The number of fused-ring (bicyclic) bond motifs is 1. The second kappa shape index (κ2) is 6.58. The minimum Gasteiger partial charge on any atom is -0.0587 e. The smallest absolute Gasteiger partial charge is 0.000835 e. The first-order valence-electron chi connectivity index (χ1n) is 11.7. The van der Waals surface area contributed by atoms with Crippen LogP contribution >= 0.6 is 0 Å². The summed E-state index contributed by atoms with van der Waals surface area (Å²) in [5.41, 5.74) is 9.06. The van der Waals surface area contributed by atoms with Crippen LogP contribution in [0.25, 0.3) is 43.4 Å². The summed E-state index contributed by atoms with van der Waals surface area (Å²) < 4.78 is 0. The zero-order chi connectivity index (χ0) is 21.5. The van der Waals surface area contributed by atoms with Crippen molar-refractivity contribution in [2.45, 2.75) is 79.1 Å². The van der Waals surface area contributed by atoms with Gasteiger partial charge in [0.25, 0.3) is 0 Å². The highest BCUT2D eigenvalue weighted by molar-refractivity contribution is 6.35. The summed E-state index contributed by atoms with van der Waals surface area (Å²) in [6, 6.07) is 14.6. The third-order valence-corrected chi connectivity index (χ3v) is 7.23. The van der Waals surface area contributed by atoms with Gasteiger partial charge in [-0.1, -0.05) is 91.8 Å². The normalized spacial score (nSPS) is 13.2. The molecule has 0 saturated carbocycles. The van der Waals surface area contributed by atoms with Crippen LogP contribution in [0.2, 0.25) is 0 Å². The molecule has 0 fully saturated rings. The van der Waals surface area contributed by atoms with E-state index in [-0.39, 0.29) is 0 Å². The lowest BCUT2D eigenvalue weighted by Crippen LogP contribution is -1.98. The molecule has 154 valence electrons. The Kier molecular flexibility index (Phi) is 4.30. The van der Waals surface area contributed by atoms with Crippen molar-refractivity contribution in [3.8, 4) is 11.1 Å². The highest BCUT2D eigenvalue weighted by atomic mass is 14.3. The molecule has 0 heteroatoms. The van der Waals surface area contributed by atoms with Gasteiger partial charge >= 0.3 is 0 Å². The van der Waals surface area contributed by atoms with E-state index in [4.69, 9.17) is 0 Å². The molecule has 5 rings (SSSR count). The number of hydrogen-bond donors (Lipinski definition) is 0. The van der Waals surface area contributed by atoms with Gasteiger partial charge in [-0.25, -0.2) is 0 Å². The molecule has 0 amide bonds. The van der Waals surface area contributed by atoms with Gasteiger partial charge in [0.05, 0.1) is 0 Å². The molecule has 1 aliphatic carbocycles. The van der Waals surface area contributed by atoms with Crippen LogP contribution in [0.15, 0.2) is 36.4 Å². The van der Waals surface area contributed by atoms with E-state index in [0.29, 0.717) is 23.7 Å². The molecule has 0 bridgehead atoms. The van der Waals surface area contributed by atoms with E-state index in [1.165, 1.54) is 65.7 Å². The van der Waals surface area contributed by atoms with Crippen molar-refractivity contribution in [2.24, 2.45) is 0 Å². The first-order chi connectivity index (χ1) is 14.2. The summed E-state index contributed by atoms with van der Waals surface area (Å²) >= 11 is 0. The van der Waals surface area contributed by atoms with Crippen LogP contribution in [0.1, 0.15) is 101 Å². The Hall–Kier alpha value is -2.34. The standard InChI is InChI=1S/C30H34/c1-15(2)21-11-9-19-13-23(17(5)6)27-24(18(7)8)14-20-10-12-22(16(3)4)29-26(20)30(27)25(19)28(21)29/h9-18H,1-8H3. The van der Waals surface area contributed by atoms with E-state index in [0.717, 1.165) is 0 Å². The fourth-order valence-corrected chi connectivity index (χ4v) is 5.77. The van der Waals surface area contributed by atoms with Gasteiger partial charge in [-0.3, -0.25) is 0 Å². The van der Waals surface area contributed by atoms with Gasteiger partial charge in [-0.2, -0.15) is 0 Å². The zero-order valence-electron chi connectivity index (χ0n) is 19.8. The molecule has 30 heavy (non-hydrogen) atoms. The molecule has 4 aromatic carbocycles. The fourth-order valence-electron chi connectivity index (χ4n) is 5.77. The maximum Gasteiger partial charge on any atom is -0.000835 e. The second-order valence-corrected chi connectivity index (χ2v) is 10.6. The molecule has 0 spiro atoms. The lowest BCUT2D eigenvalue weighted by atomic mass is 9.84. The molecule has 4 aromatic rings. The average molecular weight is 395 g/mol. The Bertz CT molecular complexity index is 1230. The van der Waals surface area contributed by atoms with Crippen LogP contribution in [0, 0.1) is 0 Å². The summed E-state index contributed by atoms with van der Waals surface area (Å²) in [6.45, 7) is 18.8. The molecule has 1 aliphatic rings. The Morgan fingerprint density at radius 3 is 1.10 bits per heavy atom. The van der Waals surface area contributed by atoms with Crippen molar-refractivity contribution in [1.29, 1.82) is 0 Å². The summed E-state index contributed by atoms with van der Waals surface area (Å²) in [5.74, 6) is 2.04. The van der Waals surface area contributed by atoms with E-state index in [2.05, 4.69) is 91.8 Å². The Morgan fingerprint density at radius 1 is 0.400 bits per heavy atom. The average Bonchev–Trinajstić information content (AvgIpc) is 3.04. The fraction of sp³-hybridized carbons (Fsp3) is 0.400. The van der Waals surface area contributed by atoms with Crippen molar-refractivity contribution in [2.75, 3.05) is 0 Å². The zero-order valence-corrected chi connectivity index (χ0v) is 19.8. The molecule has 0 radical (unpaired) electrons. The second-order valence-electron chi connectivity index (χ2n) is 10.6. The van der Waals surface area contributed by atoms with Gasteiger partial charge in [0, 0.05) is 0 Å². The summed E-state index contributed by atoms with van der Waals surface area (Å²) in [7, 11) is 0. The first-order valence-corrected chi connectivity index (χ1v) is 11.7. The van der Waals surface area contributed by atoms with E-state index >= 15 is 0 Å². The molecule has 0 N–H and O–H groups in total. The SMILES string of the molecule is CC(C)c1ccc2cc(C(C)C)c3c(C(C)C)cc4ccc(C(C)C)c5c4c3c2c1-5. The third-order valence-electron chi connectivity index (χ3n) is 7.23. The Labute approximate surface area is 181 Å². The van der Waals surface area contributed by atoms with Crippen molar-refractivity contribution in [1.82, 2.24) is 0 Å². The van der Waals surface area contributed by atoms with Gasteiger partial charge in [0.2, 0.25) is 0 Å². The highest BCUT2D eigenvalue weighted by Crippen LogP contribution is 2.55. The topological polar surface area (TPSA) is 0 Å². The Balaban J connectivity index is 2.16. The number of benzene rings is 4. The molecule has 0 aliphatic heterocycles. The molecule has 0 aromatic heterocycles. The predicted molar refractivity (Wildman–Crippen MR) is 134 cm³/mol. The third kappa shape index (κ3) is 2.46. The molecule has 0 unspecified atom stereocenters. The molecular weight excluding hydrogens is 360 g/mol. The number of rotatable bonds is 4. The van der Waals surface area contributed by atoms with Crippen molar-refractivity contribution < 1.29 is 0 Å². The summed E-state index contributed by atoms with van der Waals surface area (Å²) in [5, 5.41) is 8.92. The van der Waals surface area contributed by atoms with Crippen LogP contribution in [-0.4, -0.2) is 0 Å². The Morgan fingerprint density at radius 2 is 0.767 bits per heavy atom. The molecule has 0 atom stereocenters. The first kappa shape index (κ1) is 19.6. The maximum atomic E-state index is 2.49. The van der Waals surface area contributed by atoms with Gasteiger partial charge in [-0.05, 0) is 89.4 Å². The summed E-state index contributed by atoms with van der Waals surface area (Å²) in [4.78, 5) is 0. The van der Waals surface area contributed by atoms with Crippen LogP contribution in [0.5, 0.6) is 0 Å². The molecule has 0 saturated heterocycles. The van der Waals surface area contributed by atoms with Crippen LogP contribution in [0.3, 0.4) is 0 Å². The van der Waals surface area contributed by atoms with E-state index in [1.807, 2.05) is 0 Å². The van der Waals surface area contributed by atoms with Crippen molar-refractivity contribution in [3.63, 3.8) is 0 Å². The number of hydrogen-bond acceptors (Lipinski definition) is 0. The van der Waals surface area contributed by atoms with Gasteiger partial charge in [0.1, 0.15) is 0 Å². The van der Waals surface area contributed by atoms with Crippen molar-refractivity contribution >= 4 is 32.3 Å². The molecular formula is C30H34. The van der Waals surface area contributed by atoms with Gasteiger partial charge in [0.15, 0.2) is 0 Å².